The Morgan fingerprint density at radius 2 is 1.87 bits per heavy atom. The third-order valence-corrected chi connectivity index (χ3v) is 9.18. The topological polar surface area (TPSA) is 104 Å². The van der Waals surface area contributed by atoms with Gasteiger partial charge in [0.05, 0.1) is 0 Å². The van der Waals surface area contributed by atoms with E-state index in [9.17, 15) is 19.4 Å². The molecule has 4 N–H and O–H groups in total. The second-order valence-corrected chi connectivity index (χ2v) is 11.6. The van der Waals surface area contributed by atoms with E-state index in [0.717, 1.165) is 16.7 Å². The molecule has 2 aromatic rings. The van der Waals surface area contributed by atoms with E-state index in [1.165, 1.54) is 0 Å². The molecule has 1 aliphatic rings. The van der Waals surface area contributed by atoms with Crippen LogP contribution >= 0.6 is 30.6 Å². The molecule has 0 radical (unpaired) electrons. The molecule has 3 rings (SSSR count). The van der Waals surface area contributed by atoms with Crippen LogP contribution in [0.15, 0.2) is 42.5 Å². The fraction of sp³-hybridized carbons (Fsp3) is 0.409. The average Bonchev–Trinajstić information content (AvgIpc) is 2.72. The molecule has 2 aromatic carbocycles. The maximum absolute atomic E-state index is 12.9. The summed E-state index contributed by atoms with van der Waals surface area (Å²) in [6.07, 6.45) is 1.26. The van der Waals surface area contributed by atoms with E-state index in [1.807, 2.05) is 35.2 Å². The Labute approximate surface area is 192 Å². The molecule has 0 spiro atoms. The Morgan fingerprint density at radius 1 is 1.16 bits per heavy atom. The molecule has 1 fully saturated rings. The molecular formula is C22H27Cl2N2O4P. The number of carbonyl (C=O) groups is 1. The fourth-order valence-corrected chi connectivity index (χ4v) is 6.70. The number of nitrogens with zero attached hydrogens (tertiary/aromatic N) is 1. The monoisotopic (exact) mass is 484 g/mol. The first kappa shape index (κ1) is 24.2. The largest absolute Gasteiger partial charge is 0.480 e. The van der Waals surface area contributed by atoms with Gasteiger partial charge in [-0.25, -0.2) is 0 Å². The van der Waals surface area contributed by atoms with E-state index in [-0.39, 0.29) is 19.1 Å². The summed E-state index contributed by atoms with van der Waals surface area (Å²) < 4.78 is 12.9. The fourth-order valence-electron chi connectivity index (χ4n) is 4.09. The van der Waals surface area contributed by atoms with E-state index >= 15 is 0 Å². The molecule has 0 aromatic heterocycles. The molecule has 2 unspecified atom stereocenters. The third-order valence-electron chi connectivity index (χ3n) is 5.92. The number of hydrogen-bond donors (Lipinski definition) is 3. The standard InChI is InChI=1S/C22H27Cl2N2O4P/c23-18-7-8-20(24)19(13-18)17-5-3-16(4-6-17)14-26-11-12-31(29,30)22(15-26,21(27)28)9-1-2-10-25/h3-8,13H,1-2,9-12,14-15,25H2,(H,27,28)(H,29,30). The Kier molecular flexibility index (Phi) is 7.85. The van der Waals surface area contributed by atoms with Gasteiger partial charge >= 0.3 is 5.97 Å². The predicted octanol–water partition coefficient (Wildman–Crippen LogP) is 4.70. The van der Waals surface area contributed by atoms with Crippen LogP contribution in [0.3, 0.4) is 0 Å². The van der Waals surface area contributed by atoms with E-state index in [1.54, 1.807) is 12.1 Å². The van der Waals surface area contributed by atoms with E-state index in [2.05, 4.69) is 0 Å². The van der Waals surface area contributed by atoms with Crippen molar-refractivity contribution in [2.24, 2.45) is 5.73 Å². The first-order valence-electron chi connectivity index (χ1n) is 10.2. The minimum Gasteiger partial charge on any atom is -0.480 e. The summed E-state index contributed by atoms with van der Waals surface area (Å²) in [5, 5.41) is 9.47. The molecule has 1 aliphatic heterocycles. The number of hydrogen-bond acceptors (Lipinski definition) is 4. The lowest BCUT2D eigenvalue weighted by molar-refractivity contribution is -0.141. The number of carboxylic acids is 1. The quantitative estimate of drug-likeness (QED) is 0.370. The highest BCUT2D eigenvalue weighted by Gasteiger charge is 2.56. The van der Waals surface area contributed by atoms with Crippen LogP contribution in [0.5, 0.6) is 0 Å². The van der Waals surface area contributed by atoms with Gasteiger partial charge in [-0.05, 0) is 48.7 Å². The Bertz CT molecular complexity index is 986. The number of rotatable bonds is 8. The van der Waals surface area contributed by atoms with Gasteiger partial charge in [0.25, 0.3) is 0 Å². The molecule has 6 nitrogen and oxygen atoms in total. The average molecular weight is 485 g/mol. The Hall–Kier alpha value is -1.40. The van der Waals surface area contributed by atoms with Gasteiger partial charge in [0.15, 0.2) is 5.16 Å². The number of benzene rings is 2. The molecule has 2 atom stereocenters. The van der Waals surface area contributed by atoms with Crippen molar-refractivity contribution >= 4 is 36.5 Å². The van der Waals surface area contributed by atoms with Gasteiger partial charge in [-0.2, -0.15) is 0 Å². The first-order chi connectivity index (χ1) is 14.7. The third kappa shape index (κ3) is 5.33. The van der Waals surface area contributed by atoms with Crippen molar-refractivity contribution in [1.29, 1.82) is 0 Å². The zero-order chi connectivity index (χ0) is 22.6. The van der Waals surface area contributed by atoms with Crippen LogP contribution in [0.4, 0.5) is 0 Å². The number of carboxylic acid groups (broad SMARTS) is 1. The second-order valence-electron chi connectivity index (χ2n) is 8.04. The lowest BCUT2D eigenvalue weighted by Gasteiger charge is -2.43. The number of nitrogens with two attached hydrogens (primary N) is 1. The zero-order valence-electron chi connectivity index (χ0n) is 17.1. The van der Waals surface area contributed by atoms with E-state index in [4.69, 9.17) is 28.9 Å². The van der Waals surface area contributed by atoms with E-state index < -0.39 is 18.5 Å². The van der Waals surface area contributed by atoms with Crippen molar-refractivity contribution in [1.82, 2.24) is 4.90 Å². The number of unbranched alkanes of at least 4 members (excludes halogenated alkanes) is 1. The zero-order valence-corrected chi connectivity index (χ0v) is 19.5. The van der Waals surface area contributed by atoms with Gasteiger partial charge in [0.1, 0.15) is 0 Å². The van der Waals surface area contributed by atoms with Gasteiger partial charge < -0.3 is 15.7 Å². The first-order valence-corrected chi connectivity index (χ1v) is 12.8. The second kappa shape index (κ2) is 10.0. The molecule has 1 saturated heterocycles. The highest BCUT2D eigenvalue weighted by Crippen LogP contribution is 2.59. The van der Waals surface area contributed by atoms with Gasteiger partial charge in [-0.3, -0.25) is 14.3 Å². The van der Waals surface area contributed by atoms with Crippen LogP contribution in [0.2, 0.25) is 10.0 Å². The molecular weight excluding hydrogens is 458 g/mol. The SMILES string of the molecule is NCCCCC1(C(=O)O)CN(Cc2ccc(-c3cc(Cl)ccc3Cl)cc2)CCP1(=O)O. The van der Waals surface area contributed by atoms with E-state index in [0.29, 0.717) is 42.5 Å². The summed E-state index contributed by atoms with van der Waals surface area (Å²) >= 11 is 12.4. The normalized spacial score (nSPS) is 24.3. The van der Waals surface area contributed by atoms with Crippen LogP contribution in [0.1, 0.15) is 24.8 Å². The van der Waals surface area contributed by atoms with Crippen molar-refractivity contribution in [3.05, 3.63) is 58.1 Å². The highest BCUT2D eigenvalue weighted by atomic mass is 35.5. The van der Waals surface area contributed by atoms with Crippen molar-refractivity contribution in [2.45, 2.75) is 31.0 Å². The molecule has 0 amide bonds. The van der Waals surface area contributed by atoms with Crippen LogP contribution in [0.25, 0.3) is 11.1 Å². The van der Waals surface area contributed by atoms with Gasteiger partial charge in [0.2, 0.25) is 7.37 Å². The number of aliphatic carboxylic acids is 1. The summed E-state index contributed by atoms with van der Waals surface area (Å²) in [6, 6.07) is 13.1. The van der Waals surface area contributed by atoms with Gasteiger partial charge in [0, 0.05) is 41.4 Å². The summed E-state index contributed by atoms with van der Waals surface area (Å²) in [7, 11) is -3.83. The lowest BCUT2D eigenvalue weighted by atomic mass is 9.99. The summed E-state index contributed by atoms with van der Waals surface area (Å²) in [6.45, 7) is 1.34. The smallest absolute Gasteiger partial charge is 0.320 e. The van der Waals surface area contributed by atoms with Crippen molar-refractivity contribution in [2.75, 3.05) is 25.8 Å². The van der Waals surface area contributed by atoms with Crippen LogP contribution < -0.4 is 5.73 Å². The molecule has 0 bridgehead atoms. The van der Waals surface area contributed by atoms with Crippen molar-refractivity contribution < 1.29 is 19.4 Å². The summed E-state index contributed by atoms with van der Waals surface area (Å²) in [5.41, 5.74) is 8.28. The van der Waals surface area contributed by atoms with Crippen LogP contribution in [-0.2, 0) is 15.9 Å². The molecule has 168 valence electrons. The van der Waals surface area contributed by atoms with Crippen molar-refractivity contribution in [3.63, 3.8) is 0 Å². The summed E-state index contributed by atoms with van der Waals surface area (Å²) in [5.74, 6) is -1.20. The van der Waals surface area contributed by atoms with Gasteiger partial charge in [-0.1, -0.05) is 53.9 Å². The maximum Gasteiger partial charge on any atom is 0.320 e. The lowest BCUT2D eigenvalue weighted by Crippen LogP contribution is -2.53. The molecule has 0 saturated carbocycles. The van der Waals surface area contributed by atoms with Crippen LogP contribution in [-0.4, -0.2) is 51.8 Å². The molecule has 31 heavy (non-hydrogen) atoms. The molecule has 0 aliphatic carbocycles. The minimum atomic E-state index is -3.83. The molecule has 1 heterocycles. The Morgan fingerprint density at radius 3 is 2.52 bits per heavy atom. The predicted molar refractivity (Wildman–Crippen MR) is 125 cm³/mol. The van der Waals surface area contributed by atoms with Crippen molar-refractivity contribution in [3.8, 4) is 11.1 Å². The highest BCUT2D eigenvalue weighted by molar-refractivity contribution is 7.61. The minimum absolute atomic E-state index is 0.0296. The van der Waals surface area contributed by atoms with Crippen LogP contribution in [0, 0.1) is 0 Å². The summed E-state index contributed by atoms with van der Waals surface area (Å²) in [4.78, 5) is 24.6. The van der Waals surface area contributed by atoms with Gasteiger partial charge in [-0.15, -0.1) is 0 Å². The number of halogens is 2. The molecule has 9 heteroatoms. The Balaban J connectivity index is 1.77. The maximum atomic E-state index is 12.9.